The van der Waals surface area contributed by atoms with Crippen LogP contribution in [0.25, 0.3) is 5.69 Å². The van der Waals surface area contributed by atoms with Crippen LogP contribution in [0.5, 0.6) is 5.75 Å². The molecule has 0 saturated heterocycles. The largest absolute Gasteiger partial charge is 0.435 e. The third-order valence-corrected chi connectivity index (χ3v) is 3.75. The molecule has 28 heavy (non-hydrogen) atoms. The summed E-state index contributed by atoms with van der Waals surface area (Å²) in [7, 11) is 0. The fourth-order valence-electron chi connectivity index (χ4n) is 2.38. The lowest BCUT2D eigenvalue weighted by molar-refractivity contribution is -0.384. The lowest BCUT2D eigenvalue weighted by atomic mass is 10.2. The van der Waals surface area contributed by atoms with E-state index in [9.17, 15) is 23.7 Å². The van der Waals surface area contributed by atoms with E-state index >= 15 is 0 Å². The molecular weight excluding hydrogens is 374 g/mol. The summed E-state index contributed by atoms with van der Waals surface area (Å²) >= 11 is 0. The zero-order chi connectivity index (χ0) is 20.1. The Morgan fingerprint density at radius 2 is 1.82 bits per heavy atom. The van der Waals surface area contributed by atoms with Crippen LogP contribution in [0.3, 0.4) is 0 Å². The second kappa shape index (κ2) is 8.25. The van der Waals surface area contributed by atoms with Gasteiger partial charge in [-0.15, -0.1) is 0 Å². The maximum absolute atomic E-state index is 12.2. The minimum Gasteiger partial charge on any atom is -0.435 e. The first-order chi connectivity index (χ1) is 13.4. The number of nitrogens with zero attached hydrogens (tertiary/aromatic N) is 3. The van der Waals surface area contributed by atoms with E-state index in [1.807, 2.05) is 0 Å². The quantitative estimate of drug-likeness (QED) is 0.494. The highest BCUT2D eigenvalue weighted by molar-refractivity contribution is 5.92. The summed E-state index contributed by atoms with van der Waals surface area (Å²) in [5, 5.41) is 17.5. The molecule has 0 saturated carbocycles. The molecule has 2 aromatic carbocycles. The lowest BCUT2D eigenvalue weighted by Crippen LogP contribution is -2.23. The summed E-state index contributed by atoms with van der Waals surface area (Å²) in [5.41, 5.74) is 1.39. The first-order valence-electron chi connectivity index (χ1n) is 8.05. The van der Waals surface area contributed by atoms with Crippen molar-refractivity contribution in [2.24, 2.45) is 0 Å². The molecule has 0 atom stereocenters. The van der Waals surface area contributed by atoms with Crippen LogP contribution in [0.4, 0.5) is 14.5 Å². The molecule has 1 aromatic heterocycles. The van der Waals surface area contributed by atoms with Gasteiger partial charge in [-0.2, -0.15) is 13.9 Å². The second-order valence-corrected chi connectivity index (χ2v) is 5.62. The molecule has 1 amide bonds. The van der Waals surface area contributed by atoms with Crippen molar-refractivity contribution in [3.8, 4) is 11.4 Å². The van der Waals surface area contributed by atoms with Crippen molar-refractivity contribution in [3.05, 3.63) is 82.2 Å². The van der Waals surface area contributed by atoms with Gasteiger partial charge in [0.1, 0.15) is 5.75 Å². The molecule has 0 bridgehead atoms. The predicted molar refractivity (Wildman–Crippen MR) is 94.5 cm³/mol. The Balaban J connectivity index is 1.60. The molecule has 0 unspecified atom stereocenters. The average Bonchev–Trinajstić information content (AvgIpc) is 3.17. The molecule has 0 spiro atoms. The van der Waals surface area contributed by atoms with Crippen LogP contribution in [0.15, 0.2) is 60.8 Å². The minimum atomic E-state index is -2.89. The molecule has 0 fully saturated rings. The fourth-order valence-corrected chi connectivity index (χ4v) is 2.38. The number of hydrogen-bond acceptors (Lipinski definition) is 5. The molecule has 144 valence electrons. The summed E-state index contributed by atoms with van der Waals surface area (Å²) in [6, 6.07) is 13.1. The van der Waals surface area contributed by atoms with Gasteiger partial charge in [0.25, 0.3) is 11.6 Å². The Morgan fingerprint density at radius 3 is 2.43 bits per heavy atom. The zero-order valence-corrected chi connectivity index (χ0v) is 14.3. The molecule has 1 N–H and O–H groups in total. The Kier molecular flexibility index (Phi) is 5.58. The standard InChI is InChI=1S/C18H14F2N4O4/c19-18(20)28-15-7-1-12(2-8-15)11-21-17(25)16-9-10-23(22-16)13-3-5-14(6-4-13)24(26)27/h1-10,18H,11H2,(H,21,25). The summed E-state index contributed by atoms with van der Waals surface area (Å²) in [5.74, 6) is -0.388. The Labute approximate surface area is 157 Å². The monoisotopic (exact) mass is 388 g/mol. The van der Waals surface area contributed by atoms with Gasteiger partial charge >= 0.3 is 6.61 Å². The highest BCUT2D eigenvalue weighted by Gasteiger charge is 2.11. The van der Waals surface area contributed by atoms with E-state index in [0.29, 0.717) is 11.3 Å². The van der Waals surface area contributed by atoms with Crippen molar-refractivity contribution in [1.29, 1.82) is 0 Å². The summed E-state index contributed by atoms with van der Waals surface area (Å²) < 4.78 is 29.9. The first kappa shape index (κ1) is 19.0. The molecule has 0 aliphatic heterocycles. The number of nitrogens with one attached hydrogen (secondary N) is 1. The van der Waals surface area contributed by atoms with Crippen molar-refractivity contribution in [2.75, 3.05) is 0 Å². The van der Waals surface area contributed by atoms with Gasteiger partial charge in [0, 0.05) is 24.9 Å². The molecule has 0 aliphatic rings. The number of rotatable bonds is 7. The summed E-state index contributed by atoms with van der Waals surface area (Å²) in [6.07, 6.45) is 1.56. The molecule has 3 aromatic rings. The number of amides is 1. The minimum absolute atomic E-state index is 0.0342. The van der Waals surface area contributed by atoms with E-state index < -0.39 is 17.4 Å². The smallest absolute Gasteiger partial charge is 0.387 e. The Bertz CT molecular complexity index is 972. The van der Waals surface area contributed by atoms with E-state index in [0.717, 1.165) is 0 Å². The molecule has 0 radical (unpaired) electrons. The van der Waals surface area contributed by atoms with Crippen molar-refractivity contribution in [3.63, 3.8) is 0 Å². The van der Waals surface area contributed by atoms with Crippen LogP contribution < -0.4 is 10.1 Å². The van der Waals surface area contributed by atoms with Gasteiger partial charge in [-0.25, -0.2) is 4.68 Å². The van der Waals surface area contributed by atoms with Crippen LogP contribution in [0.1, 0.15) is 16.1 Å². The van der Waals surface area contributed by atoms with Crippen molar-refractivity contribution in [1.82, 2.24) is 15.1 Å². The van der Waals surface area contributed by atoms with E-state index in [1.54, 1.807) is 18.3 Å². The second-order valence-electron chi connectivity index (χ2n) is 5.62. The number of nitro groups is 1. The number of carbonyl (C=O) groups excluding carboxylic acids is 1. The predicted octanol–water partition coefficient (Wildman–Crippen LogP) is 3.31. The van der Waals surface area contributed by atoms with Crippen molar-refractivity contribution in [2.45, 2.75) is 13.2 Å². The maximum atomic E-state index is 12.2. The van der Waals surface area contributed by atoms with Crippen LogP contribution in [-0.4, -0.2) is 27.2 Å². The van der Waals surface area contributed by atoms with Crippen LogP contribution in [0.2, 0.25) is 0 Å². The van der Waals surface area contributed by atoms with Gasteiger partial charge in [0.2, 0.25) is 0 Å². The third kappa shape index (κ3) is 4.67. The Hall–Kier alpha value is -3.82. The normalized spacial score (nSPS) is 10.7. The number of halogens is 2. The maximum Gasteiger partial charge on any atom is 0.387 e. The number of alkyl halides is 2. The average molecular weight is 388 g/mol. The van der Waals surface area contributed by atoms with Crippen LogP contribution in [0, 0.1) is 10.1 Å². The van der Waals surface area contributed by atoms with E-state index in [2.05, 4.69) is 15.2 Å². The Morgan fingerprint density at radius 1 is 1.14 bits per heavy atom. The summed E-state index contributed by atoms with van der Waals surface area (Å²) in [6.45, 7) is -2.71. The summed E-state index contributed by atoms with van der Waals surface area (Å²) in [4.78, 5) is 22.4. The zero-order valence-electron chi connectivity index (χ0n) is 14.3. The number of non-ortho nitro benzene ring substituents is 1. The number of hydrogen-bond donors (Lipinski definition) is 1. The third-order valence-electron chi connectivity index (χ3n) is 3.75. The van der Waals surface area contributed by atoms with Gasteiger partial charge in [-0.3, -0.25) is 14.9 Å². The molecule has 10 heteroatoms. The number of aromatic nitrogens is 2. The first-order valence-corrected chi connectivity index (χ1v) is 8.05. The van der Waals surface area contributed by atoms with E-state index in [-0.39, 0.29) is 23.7 Å². The lowest BCUT2D eigenvalue weighted by Gasteiger charge is -2.06. The van der Waals surface area contributed by atoms with Gasteiger partial charge in [-0.05, 0) is 35.9 Å². The van der Waals surface area contributed by atoms with Crippen LogP contribution >= 0.6 is 0 Å². The SMILES string of the molecule is O=C(NCc1ccc(OC(F)F)cc1)c1ccn(-c2ccc([N+](=O)[O-])cc2)n1. The van der Waals surface area contributed by atoms with Gasteiger partial charge < -0.3 is 10.1 Å². The number of nitro benzene ring substituents is 1. The van der Waals surface area contributed by atoms with E-state index in [4.69, 9.17) is 0 Å². The van der Waals surface area contributed by atoms with Crippen molar-refractivity contribution >= 4 is 11.6 Å². The molecule has 8 nitrogen and oxygen atoms in total. The number of ether oxygens (including phenoxy) is 1. The van der Waals surface area contributed by atoms with Gasteiger partial charge in [0.15, 0.2) is 5.69 Å². The highest BCUT2D eigenvalue weighted by atomic mass is 19.3. The van der Waals surface area contributed by atoms with Gasteiger partial charge in [-0.1, -0.05) is 12.1 Å². The van der Waals surface area contributed by atoms with Crippen molar-refractivity contribution < 1.29 is 23.2 Å². The fraction of sp³-hybridized carbons (Fsp3) is 0.111. The molecule has 3 rings (SSSR count). The topological polar surface area (TPSA) is 99.3 Å². The van der Waals surface area contributed by atoms with Crippen LogP contribution in [-0.2, 0) is 6.54 Å². The molecular formula is C18H14F2N4O4. The van der Waals surface area contributed by atoms with Gasteiger partial charge in [0.05, 0.1) is 10.6 Å². The molecule has 0 aliphatic carbocycles. The highest BCUT2D eigenvalue weighted by Crippen LogP contribution is 2.16. The number of carbonyl (C=O) groups is 1. The molecule has 1 heterocycles. The number of benzene rings is 2. The van der Waals surface area contributed by atoms with E-state index in [1.165, 1.54) is 47.1 Å².